The Labute approximate surface area is 76.7 Å². The van der Waals surface area contributed by atoms with Crippen molar-refractivity contribution >= 4 is 0 Å². The fourth-order valence-corrected chi connectivity index (χ4v) is 1.03. The SMILES string of the molecule is C=C(CCC)/C(C)=C\C(C)=C/C. The van der Waals surface area contributed by atoms with Gasteiger partial charge in [-0.3, -0.25) is 0 Å². The first kappa shape index (κ1) is 11.2. The molecule has 0 aromatic heterocycles. The molecule has 0 spiro atoms. The molecule has 12 heavy (non-hydrogen) atoms. The van der Waals surface area contributed by atoms with Gasteiger partial charge in [0, 0.05) is 0 Å². The maximum absolute atomic E-state index is 4.04. The molecule has 0 amide bonds. The van der Waals surface area contributed by atoms with Gasteiger partial charge in [0.05, 0.1) is 0 Å². The van der Waals surface area contributed by atoms with Gasteiger partial charge >= 0.3 is 0 Å². The van der Waals surface area contributed by atoms with Gasteiger partial charge in [0.15, 0.2) is 0 Å². The van der Waals surface area contributed by atoms with Crippen LogP contribution in [0.2, 0.25) is 0 Å². The number of rotatable bonds is 4. The van der Waals surface area contributed by atoms with Gasteiger partial charge < -0.3 is 0 Å². The molecular formula is C12H20. The highest BCUT2D eigenvalue weighted by Gasteiger charge is 1.94. The fourth-order valence-electron chi connectivity index (χ4n) is 1.03. The average Bonchev–Trinajstić information content (AvgIpc) is 2.04. The van der Waals surface area contributed by atoms with Crippen molar-refractivity contribution in [3.8, 4) is 0 Å². The van der Waals surface area contributed by atoms with Gasteiger partial charge in [0.1, 0.15) is 0 Å². The van der Waals surface area contributed by atoms with Crippen LogP contribution in [0.15, 0.2) is 35.5 Å². The first-order valence-corrected chi connectivity index (χ1v) is 4.61. The smallest absolute Gasteiger partial charge is 0.0285 e. The van der Waals surface area contributed by atoms with Crippen molar-refractivity contribution in [1.82, 2.24) is 0 Å². The van der Waals surface area contributed by atoms with Gasteiger partial charge in [-0.15, -0.1) is 0 Å². The minimum Gasteiger partial charge on any atom is -0.0956 e. The van der Waals surface area contributed by atoms with Crippen LogP contribution < -0.4 is 0 Å². The Bertz CT molecular complexity index is 204. The summed E-state index contributed by atoms with van der Waals surface area (Å²) in [7, 11) is 0. The van der Waals surface area contributed by atoms with Crippen LogP contribution in [-0.2, 0) is 0 Å². The van der Waals surface area contributed by atoms with Gasteiger partial charge in [0.25, 0.3) is 0 Å². The number of hydrogen-bond acceptors (Lipinski definition) is 0. The monoisotopic (exact) mass is 164 g/mol. The Kier molecular flexibility index (Phi) is 5.44. The molecule has 0 saturated carbocycles. The van der Waals surface area contributed by atoms with E-state index in [1.165, 1.54) is 23.1 Å². The van der Waals surface area contributed by atoms with Crippen molar-refractivity contribution in [2.75, 3.05) is 0 Å². The molecule has 0 nitrogen and oxygen atoms in total. The summed E-state index contributed by atoms with van der Waals surface area (Å²) in [6, 6.07) is 0. The van der Waals surface area contributed by atoms with Gasteiger partial charge in [-0.1, -0.05) is 43.2 Å². The molecule has 0 atom stereocenters. The van der Waals surface area contributed by atoms with E-state index < -0.39 is 0 Å². The zero-order chi connectivity index (χ0) is 9.56. The Hall–Kier alpha value is -0.780. The summed E-state index contributed by atoms with van der Waals surface area (Å²) in [6.07, 6.45) is 6.60. The molecule has 0 aromatic carbocycles. The summed E-state index contributed by atoms with van der Waals surface area (Å²) in [5.74, 6) is 0. The van der Waals surface area contributed by atoms with Crippen LogP contribution in [0.25, 0.3) is 0 Å². The second-order valence-corrected chi connectivity index (χ2v) is 3.21. The van der Waals surface area contributed by atoms with Crippen LogP contribution in [-0.4, -0.2) is 0 Å². The lowest BCUT2D eigenvalue weighted by Crippen LogP contribution is -1.83. The normalized spacial score (nSPS) is 13.3. The molecule has 0 fully saturated rings. The van der Waals surface area contributed by atoms with Crippen molar-refractivity contribution in [2.45, 2.75) is 40.5 Å². The molecule has 0 aliphatic carbocycles. The highest BCUT2D eigenvalue weighted by Crippen LogP contribution is 2.14. The van der Waals surface area contributed by atoms with Crippen molar-refractivity contribution in [2.24, 2.45) is 0 Å². The lowest BCUT2D eigenvalue weighted by molar-refractivity contribution is 0.915. The zero-order valence-electron chi connectivity index (χ0n) is 8.78. The van der Waals surface area contributed by atoms with Crippen LogP contribution in [0.4, 0.5) is 0 Å². The highest BCUT2D eigenvalue weighted by molar-refractivity contribution is 5.32. The van der Waals surface area contributed by atoms with E-state index in [2.05, 4.69) is 46.4 Å². The topological polar surface area (TPSA) is 0 Å². The Morgan fingerprint density at radius 3 is 2.33 bits per heavy atom. The third-order valence-corrected chi connectivity index (χ3v) is 2.01. The van der Waals surface area contributed by atoms with Crippen molar-refractivity contribution in [3.63, 3.8) is 0 Å². The van der Waals surface area contributed by atoms with Gasteiger partial charge in [-0.05, 0) is 32.8 Å². The largest absolute Gasteiger partial charge is 0.0956 e. The Morgan fingerprint density at radius 1 is 1.33 bits per heavy atom. The van der Waals surface area contributed by atoms with Crippen molar-refractivity contribution in [1.29, 1.82) is 0 Å². The predicted molar refractivity (Wildman–Crippen MR) is 57.2 cm³/mol. The van der Waals surface area contributed by atoms with Gasteiger partial charge in [0.2, 0.25) is 0 Å². The molecule has 0 heteroatoms. The number of hydrogen-bond donors (Lipinski definition) is 0. The number of allylic oxidation sites excluding steroid dienone is 5. The van der Waals surface area contributed by atoms with Gasteiger partial charge in [-0.2, -0.15) is 0 Å². The Balaban J connectivity index is 4.27. The third-order valence-electron chi connectivity index (χ3n) is 2.01. The molecule has 0 N–H and O–H groups in total. The predicted octanol–water partition coefficient (Wildman–Crippen LogP) is 4.26. The minimum atomic E-state index is 1.11. The summed E-state index contributed by atoms with van der Waals surface area (Å²) >= 11 is 0. The zero-order valence-corrected chi connectivity index (χ0v) is 8.78. The van der Waals surface area contributed by atoms with E-state index >= 15 is 0 Å². The summed E-state index contributed by atoms with van der Waals surface area (Å²) < 4.78 is 0. The molecule has 0 saturated heterocycles. The molecule has 0 bridgehead atoms. The summed E-state index contributed by atoms with van der Waals surface area (Å²) in [5, 5.41) is 0. The van der Waals surface area contributed by atoms with E-state index in [-0.39, 0.29) is 0 Å². The molecule has 0 rings (SSSR count). The molecule has 0 aliphatic rings. The van der Waals surface area contributed by atoms with Crippen LogP contribution in [0, 0.1) is 0 Å². The molecule has 0 heterocycles. The summed E-state index contributed by atoms with van der Waals surface area (Å²) in [6.45, 7) is 12.5. The van der Waals surface area contributed by atoms with Crippen molar-refractivity contribution in [3.05, 3.63) is 35.5 Å². The minimum absolute atomic E-state index is 1.11. The Morgan fingerprint density at radius 2 is 1.92 bits per heavy atom. The second kappa shape index (κ2) is 5.82. The summed E-state index contributed by atoms with van der Waals surface area (Å²) in [4.78, 5) is 0. The standard InChI is InChI=1S/C12H20/c1-6-8-11(4)12(5)9-10(3)7-2/h7,9H,4,6,8H2,1-3,5H3/b10-7-,12-9-. The molecular weight excluding hydrogens is 144 g/mol. The molecule has 0 aromatic rings. The quantitative estimate of drug-likeness (QED) is 0.545. The van der Waals surface area contributed by atoms with E-state index in [0.717, 1.165) is 6.42 Å². The average molecular weight is 164 g/mol. The summed E-state index contributed by atoms with van der Waals surface area (Å²) in [5.41, 5.74) is 3.89. The maximum Gasteiger partial charge on any atom is -0.0285 e. The van der Waals surface area contributed by atoms with Gasteiger partial charge in [-0.25, -0.2) is 0 Å². The van der Waals surface area contributed by atoms with E-state index in [1.54, 1.807) is 0 Å². The lowest BCUT2D eigenvalue weighted by atomic mass is 10.0. The van der Waals surface area contributed by atoms with E-state index in [9.17, 15) is 0 Å². The second-order valence-electron chi connectivity index (χ2n) is 3.21. The van der Waals surface area contributed by atoms with E-state index in [1.807, 2.05) is 0 Å². The van der Waals surface area contributed by atoms with Crippen LogP contribution >= 0.6 is 0 Å². The van der Waals surface area contributed by atoms with Crippen LogP contribution in [0.1, 0.15) is 40.5 Å². The highest BCUT2D eigenvalue weighted by atomic mass is 14.0. The van der Waals surface area contributed by atoms with E-state index in [0.29, 0.717) is 0 Å². The molecule has 0 radical (unpaired) electrons. The van der Waals surface area contributed by atoms with Crippen molar-refractivity contribution < 1.29 is 0 Å². The fraction of sp³-hybridized carbons (Fsp3) is 0.500. The first-order chi connectivity index (χ1) is 5.61. The van der Waals surface area contributed by atoms with Crippen LogP contribution in [0.5, 0.6) is 0 Å². The van der Waals surface area contributed by atoms with E-state index in [4.69, 9.17) is 0 Å². The maximum atomic E-state index is 4.04. The lowest BCUT2D eigenvalue weighted by Gasteiger charge is -2.03. The van der Waals surface area contributed by atoms with Crippen LogP contribution in [0.3, 0.4) is 0 Å². The third kappa shape index (κ3) is 4.17. The molecule has 0 aliphatic heterocycles. The first-order valence-electron chi connectivity index (χ1n) is 4.61. The molecule has 0 unspecified atom stereocenters. The molecule has 68 valence electrons.